The largest absolute Gasteiger partial charge is 0.337 e. The second-order valence-corrected chi connectivity index (χ2v) is 6.73. The van der Waals surface area contributed by atoms with Gasteiger partial charge in [-0.15, -0.1) is 11.3 Å². The third-order valence-corrected chi connectivity index (χ3v) is 4.37. The van der Waals surface area contributed by atoms with E-state index in [4.69, 9.17) is 0 Å². The maximum absolute atomic E-state index is 4.55. The highest BCUT2D eigenvalue weighted by Gasteiger charge is 2.07. The highest BCUT2D eigenvalue weighted by Crippen LogP contribution is 2.31. The first-order chi connectivity index (χ1) is 7.72. The predicted molar refractivity (Wildman–Crippen MR) is 74.8 cm³/mol. The number of thiophene rings is 1. The fraction of sp³-hybridized carbons (Fsp3) is 0. The van der Waals surface area contributed by atoms with Gasteiger partial charge >= 0.3 is 0 Å². The van der Waals surface area contributed by atoms with Crippen molar-refractivity contribution in [1.29, 1.82) is 0 Å². The van der Waals surface area contributed by atoms with Gasteiger partial charge in [-0.2, -0.15) is 0 Å². The van der Waals surface area contributed by atoms with Gasteiger partial charge < -0.3 is 4.98 Å². The van der Waals surface area contributed by atoms with Crippen molar-refractivity contribution in [3.63, 3.8) is 0 Å². The Morgan fingerprint density at radius 1 is 1.12 bits per heavy atom. The Morgan fingerprint density at radius 2 is 2.00 bits per heavy atom. The number of halogens is 2. The first-order valence-electron chi connectivity index (χ1n) is 4.63. The average Bonchev–Trinajstić information content (AvgIpc) is 2.83. The number of aromatic amines is 1. The molecule has 0 aliphatic heterocycles. The van der Waals surface area contributed by atoms with Crippen molar-refractivity contribution in [2.75, 3.05) is 0 Å². The van der Waals surface area contributed by atoms with Gasteiger partial charge in [0.15, 0.2) is 0 Å². The molecule has 3 aromatic rings. The van der Waals surface area contributed by atoms with Crippen LogP contribution >= 0.6 is 43.2 Å². The summed E-state index contributed by atoms with van der Waals surface area (Å²) in [5.74, 6) is 0.920. The topological polar surface area (TPSA) is 28.7 Å². The monoisotopic (exact) mass is 356 g/mol. The molecule has 1 aromatic carbocycles. The lowest BCUT2D eigenvalue weighted by atomic mass is 10.3. The third-order valence-electron chi connectivity index (χ3n) is 2.25. The van der Waals surface area contributed by atoms with E-state index < -0.39 is 0 Å². The van der Waals surface area contributed by atoms with E-state index in [1.54, 1.807) is 11.3 Å². The highest BCUT2D eigenvalue weighted by molar-refractivity contribution is 9.11. The number of hydrogen-bond donors (Lipinski definition) is 1. The van der Waals surface area contributed by atoms with Crippen molar-refractivity contribution in [1.82, 2.24) is 9.97 Å². The highest BCUT2D eigenvalue weighted by atomic mass is 79.9. The molecule has 16 heavy (non-hydrogen) atoms. The molecule has 0 aliphatic rings. The van der Waals surface area contributed by atoms with Crippen LogP contribution in [0.2, 0.25) is 0 Å². The summed E-state index contributed by atoms with van der Waals surface area (Å²) in [5, 5.41) is 0. The normalized spacial score (nSPS) is 11.1. The maximum Gasteiger partial charge on any atom is 0.148 e. The number of hydrogen-bond acceptors (Lipinski definition) is 2. The van der Waals surface area contributed by atoms with Gasteiger partial charge in [0, 0.05) is 4.47 Å². The number of nitrogens with zero attached hydrogens (tertiary/aromatic N) is 1. The molecule has 2 nitrogen and oxygen atoms in total. The molecule has 0 spiro atoms. The second-order valence-electron chi connectivity index (χ2n) is 3.35. The zero-order valence-corrected chi connectivity index (χ0v) is 12.0. The minimum atomic E-state index is 0.920. The molecule has 3 rings (SSSR count). The van der Waals surface area contributed by atoms with Crippen LogP contribution in [-0.2, 0) is 0 Å². The number of imidazole rings is 1. The van der Waals surface area contributed by atoms with Crippen molar-refractivity contribution in [2.24, 2.45) is 0 Å². The first kappa shape index (κ1) is 10.5. The summed E-state index contributed by atoms with van der Waals surface area (Å²) in [6, 6.07) is 10.1. The number of fused-ring (bicyclic) bond motifs is 1. The molecule has 0 radical (unpaired) electrons. The number of aromatic nitrogens is 2. The molecule has 2 aromatic heterocycles. The molecule has 0 unspecified atom stereocenters. The predicted octanol–water partition coefficient (Wildman–Crippen LogP) is 4.82. The Balaban J connectivity index is 2.18. The van der Waals surface area contributed by atoms with E-state index in [0.717, 1.165) is 30.0 Å². The van der Waals surface area contributed by atoms with Crippen molar-refractivity contribution in [2.45, 2.75) is 0 Å². The number of nitrogens with one attached hydrogen (secondary N) is 1. The molecule has 0 bridgehead atoms. The van der Waals surface area contributed by atoms with Crippen molar-refractivity contribution in [3.05, 3.63) is 38.6 Å². The molecule has 0 saturated heterocycles. The maximum atomic E-state index is 4.55. The summed E-state index contributed by atoms with van der Waals surface area (Å²) in [7, 11) is 0. The Bertz CT molecular complexity index is 657. The summed E-state index contributed by atoms with van der Waals surface area (Å²) in [4.78, 5) is 9.00. The van der Waals surface area contributed by atoms with E-state index in [0.29, 0.717) is 0 Å². The molecule has 1 N–H and O–H groups in total. The van der Waals surface area contributed by atoms with Crippen LogP contribution in [0.15, 0.2) is 38.6 Å². The summed E-state index contributed by atoms with van der Waals surface area (Å²) >= 11 is 8.58. The molecule has 0 aliphatic carbocycles. The Hall–Kier alpha value is -0.650. The fourth-order valence-electron chi connectivity index (χ4n) is 1.54. The molecule has 0 atom stereocenters. The minimum absolute atomic E-state index is 0.920. The van der Waals surface area contributed by atoms with Crippen LogP contribution in [-0.4, -0.2) is 9.97 Å². The minimum Gasteiger partial charge on any atom is -0.337 e. The van der Waals surface area contributed by atoms with E-state index in [1.165, 1.54) is 0 Å². The summed E-state index contributed by atoms with van der Waals surface area (Å²) in [6.07, 6.45) is 0. The van der Waals surface area contributed by atoms with E-state index in [-0.39, 0.29) is 0 Å². The zero-order chi connectivity index (χ0) is 11.1. The third kappa shape index (κ3) is 1.83. The number of benzene rings is 1. The molecule has 5 heteroatoms. The van der Waals surface area contributed by atoms with Crippen molar-refractivity contribution in [3.8, 4) is 10.7 Å². The van der Waals surface area contributed by atoms with E-state index in [1.807, 2.05) is 24.3 Å². The fourth-order valence-corrected chi connectivity index (χ4v) is 3.23. The van der Waals surface area contributed by atoms with Gasteiger partial charge in [-0.05, 0) is 46.3 Å². The van der Waals surface area contributed by atoms with Gasteiger partial charge in [0.2, 0.25) is 0 Å². The number of rotatable bonds is 1. The van der Waals surface area contributed by atoms with Crippen LogP contribution in [0.3, 0.4) is 0 Å². The van der Waals surface area contributed by atoms with Crippen molar-refractivity contribution < 1.29 is 0 Å². The van der Waals surface area contributed by atoms with Gasteiger partial charge in [0.1, 0.15) is 5.82 Å². The van der Waals surface area contributed by atoms with Crippen molar-refractivity contribution >= 4 is 54.2 Å². The Kier molecular flexibility index (Phi) is 2.61. The molecular weight excluding hydrogens is 352 g/mol. The number of H-pyrrole nitrogens is 1. The van der Waals surface area contributed by atoms with Gasteiger partial charge in [0.25, 0.3) is 0 Å². The van der Waals surface area contributed by atoms with Gasteiger partial charge in [-0.25, -0.2) is 4.98 Å². The van der Waals surface area contributed by atoms with Crippen LogP contribution in [0, 0.1) is 0 Å². The molecule has 2 heterocycles. The summed E-state index contributed by atoms with van der Waals surface area (Å²) in [5.41, 5.74) is 2.04. The molecule has 0 fully saturated rings. The van der Waals surface area contributed by atoms with Crippen LogP contribution < -0.4 is 0 Å². The van der Waals surface area contributed by atoms with Crippen LogP contribution in [0.5, 0.6) is 0 Å². The Morgan fingerprint density at radius 3 is 2.75 bits per heavy atom. The van der Waals surface area contributed by atoms with Crippen LogP contribution in [0.4, 0.5) is 0 Å². The lowest BCUT2D eigenvalue weighted by molar-refractivity contribution is 1.36. The average molecular weight is 358 g/mol. The van der Waals surface area contributed by atoms with E-state index >= 15 is 0 Å². The van der Waals surface area contributed by atoms with E-state index in [2.05, 4.69) is 47.9 Å². The molecular formula is C11H6Br2N2S. The SMILES string of the molecule is Brc1ccc2nc(-c3ccc(Br)s3)[nH]c2c1. The summed E-state index contributed by atoms with van der Waals surface area (Å²) < 4.78 is 2.17. The summed E-state index contributed by atoms with van der Waals surface area (Å²) in [6.45, 7) is 0. The van der Waals surface area contributed by atoms with Gasteiger partial charge in [0.05, 0.1) is 19.7 Å². The van der Waals surface area contributed by atoms with Crippen LogP contribution in [0.25, 0.3) is 21.7 Å². The van der Waals surface area contributed by atoms with Gasteiger partial charge in [-0.3, -0.25) is 0 Å². The van der Waals surface area contributed by atoms with Gasteiger partial charge in [-0.1, -0.05) is 15.9 Å². The lowest BCUT2D eigenvalue weighted by Crippen LogP contribution is -1.72. The standard InChI is InChI=1S/C11H6Br2N2S/c12-6-1-2-7-8(5-6)15-11(14-7)9-3-4-10(13)16-9/h1-5H,(H,14,15). The lowest BCUT2D eigenvalue weighted by Gasteiger charge is -1.88. The van der Waals surface area contributed by atoms with E-state index in [9.17, 15) is 0 Å². The smallest absolute Gasteiger partial charge is 0.148 e. The molecule has 80 valence electrons. The Labute approximate surface area is 113 Å². The second kappa shape index (κ2) is 3.98. The van der Waals surface area contributed by atoms with Crippen LogP contribution in [0.1, 0.15) is 0 Å². The zero-order valence-electron chi connectivity index (χ0n) is 8.00. The molecule has 0 amide bonds. The quantitative estimate of drug-likeness (QED) is 0.664. The first-order valence-corrected chi connectivity index (χ1v) is 7.03. The molecule has 0 saturated carbocycles.